The first-order chi connectivity index (χ1) is 14.3. The second-order valence-electron chi connectivity index (χ2n) is 7.79. The third-order valence-electron chi connectivity index (χ3n) is 4.72. The maximum Gasteiger partial charge on any atom is 0.261 e. The fraction of sp³-hybridized carbons (Fsp3) is 0.417. The smallest absolute Gasteiger partial charge is 0.261 e. The van der Waals surface area contributed by atoms with Gasteiger partial charge in [0.25, 0.3) is 5.91 Å². The minimum atomic E-state index is -0.635. The Balaban J connectivity index is 2.14. The van der Waals surface area contributed by atoms with E-state index in [2.05, 4.69) is 5.32 Å². The summed E-state index contributed by atoms with van der Waals surface area (Å²) < 4.78 is 10.9. The van der Waals surface area contributed by atoms with Gasteiger partial charge in [0.1, 0.15) is 17.5 Å². The van der Waals surface area contributed by atoms with Crippen molar-refractivity contribution >= 4 is 11.8 Å². The molecule has 0 aliphatic heterocycles. The van der Waals surface area contributed by atoms with Crippen LogP contribution in [0.15, 0.2) is 48.5 Å². The van der Waals surface area contributed by atoms with Crippen molar-refractivity contribution in [1.82, 2.24) is 10.2 Å². The molecule has 6 nitrogen and oxygen atoms in total. The summed E-state index contributed by atoms with van der Waals surface area (Å²) in [5, 5.41) is 2.91. The minimum Gasteiger partial charge on any atom is -0.497 e. The van der Waals surface area contributed by atoms with Crippen molar-refractivity contribution in [2.45, 2.75) is 40.3 Å². The molecule has 0 aliphatic carbocycles. The predicted octanol–water partition coefficient (Wildman–Crippen LogP) is 3.57. The highest BCUT2D eigenvalue weighted by Gasteiger charge is 2.26. The zero-order valence-corrected chi connectivity index (χ0v) is 18.5. The summed E-state index contributed by atoms with van der Waals surface area (Å²) in [6, 6.07) is 14.3. The summed E-state index contributed by atoms with van der Waals surface area (Å²) in [6.07, 6.45) is 0. The quantitative estimate of drug-likeness (QED) is 0.648. The summed E-state index contributed by atoms with van der Waals surface area (Å²) in [7, 11) is 1.60. The Morgan fingerprint density at radius 3 is 2.37 bits per heavy atom. The lowest BCUT2D eigenvalue weighted by atomic mass is 10.1. The van der Waals surface area contributed by atoms with E-state index >= 15 is 0 Å². The van der Waals surface area contributed by atoms with Crippen molar-refractivity contribution in [2.75, 3.05) is 20.3 Å². The number of nitrogens with one attached hydrogen (secondary N) is 1. The first-order valence-electron chi connectivity index (χ1n) is 10.2. The molecule has 2 amide bonds. The minimum absolute atomic E-state index is 0.144. The molecule has 0 spiro atoms. The van der Waals surface area contributed by atoms with Crippen molar-refractivity contribution in [2.24, 2.45) is 5.92 Å². The number of nitrogens with zero attached hydrogens (tertiary/aromatic N) is 1. The molecule has 1 unspecified atom stereocenters. The van der Waals surface area contributed by atoms with Crippen LogP contribution in [0.1, 0.15) is 31.9 Å². The average molecular weight is 413 g/mol. The molecule has 0 radical (unpaired) electrons. The van der Waals surface area contributed by atoms with E-state index in [1.165, 1.54) is 0 Å². The van der Waals surface area contributed by atoms with E-state index in [4.69, 9.17) is 9.47 Å². The van der Waals surface area contributed by atoms with Crippen molar-refractivity contribution < 1.29 is 19.1 Å². The third kappa shape index (κ3) is 7.10. The van der Waals surface area contributed by atoms with E-state index < -0.39 is 6.04 Å². The lowest BCUT2D eigenvalue weighted by Crippen LogP contribution is -2.49. The van der Waals surface area contributed by atoms with Crippen molar-refractivity contribution in [3.63, 3.8) is 0 Å². The van der Waals surface area contributed by atoms with Gasteiger partial charge in [-0.1, -0.05) is 43.7 Å². The SMILES string of the molecule is COc1cccc(CN(C(=O)COc2ccc(C)cc2)C(C)C(=O)NCC(C)C)c1. The van der Waals surface area contributed by atoms with Gasteiger partial charge >= 0.3 is 0 Å². The molecule has 0 bridgehead atoms. The number of aryl methyl sites for hydroxylation is 1. The summed E-state index contributed by atoms with van der Waals surface area (Å²) in [6.45, 7) is 8.48. The predicted molar refractivity (Wildman–Crippen MR) is 118 cm³/mol. The Morgan fingerprint density at radius 1 is 1.03 bits per heavy atom. The van der Waals surface area contributed by atoms with Gasteiger partial charge < -0.3 is 19.7 Å². The Kier molecular flexibility index (Phi) is 8.71. The summed E-state index contributed by atoms with van der Waals surface area (Å²) >= 11 is 0. The molecule has 2 aromatic carbocycles. The Hall–Kier alpha value is -3.02. The van der Waals surface area contributed by atoms with E-state index in [0.29, 0.717) is 24.0 Å². The number of ether oxygens (including phenoxy) is 2. The molecule has 1 N–H and O–H groups in total. The van der Waals surface area contributed by atoms with Crippen LogP contribution in [0.3, 0.4) is 0 Å². The molecule has 30 heavy (non-hydrogen) atoms. The molecule has 6 heteroatoms. The first-order valence-corrected chi connectivity index (χ1v) is 10.2. The molecular weight excluding hydrogens is 380 g/mol. The van der Waals surface area contributed by atoms with E-state index in [-0.39, 0.29) is 25.0 Å². The van der Waals surface area contributed by atoms with Gasteiger partial charge in [-0.25, -0.2) is 0 Å². The van der Waals surface area contributed by atoms with E-state index in [9.17, 15) is 9.59 Å². The van der Waals surface area contributed by atoms with Crippen LogP contribution in [0, 0.1) is 12.8 Å². The molecule has 2 rings (SSSR count). The Bertz CT molecular complexity index is 833. The molecule has 162 valence electrons. The van der Waals surface area contributed by atoms with E-state index in [1.807, 2.05) is 69.3 Å². The highest BCUT2D eigenvalue weighted by molar-refractivity contribution is 5.88. The van der Waals surface area contributed by atoms with Gasteiger partial charge in [0.05, 0.1) is 7.11 Å². The number of amides is 2. The molecular formula is C24H32N2O4. The van der Waals surface area contributed by atoms with E-state index in [1.54, 1.807) is 18.9 Å². The molecule has 0 aromatic heterocycles. The zero-order valence-electron chi connectivity index (χ0n) is 18.5. The Morgan fingerprint density at radius 2 is 1.73 bits per heavy atom. The number of hydrogen-bond acceptors (Lipinski definition) is 4. The van der Waals surface area contributed by atoms with Gasteiger partial charge in [-0.2, -0.15) is 0 Å². The van der Waals surface area contributed by atoms with Crippen molar-refractivity contribution in [1.29, 1.82) is 0 Å². The molecule has 0 saturated carbocycles. The highest BCUT2D eigenvalue weighted by atomic mass is 16.5. The number of carbonyl (C=O) groups excluding carboxylic acids is 2. The second-order valence-corrected chi connectivity index (χ2v) is 7.79. The zero-order chi connectivity index (χ0) is 22.1. The maximum atomic E-state index is 13.0. The molecule has 1 atom stereocenters. The van der Waals surface area contributed by atoms with Crippen LogP contribution in [0.25, 0.3) is 0 Å². The van der Waals surface area contributed by atoms with E-state index in [0.717, 1.165) is 11.1 Å². The summed E-state index contributed by atoms with van der Waals surface area (Å²) in [5.41, 5.74) is 1.99. The number of methoxy groups -OCH3 is 1. The van der Waals surface area contributed by atoms with Gasteiger partial charge in [-0.3, -0.25) is 9.59 Å². The Labute approximate surface area is 179 Å². The summed E-state index contributed by atoms with van der Waals surface area (Å²) in [5.74, 6) is 1.20. The van der Waals surface area contributed by atoms with Crippen LogP contribution < -0.4 is 14.8 Å². The molecule has 0 saturated heterocycles. The topological polar surface area (TPSA) is 67.9 Å². The monoisotopic (exact) mass is 412 g/mol. The lowest BCUT2D eigenvalue weighted by molar-refractivity contribution is -0.142. The van der Waals surface area contributed by atoms with Gasteiger partial charge in [-0.15, -0.1) is 0 Å². The number of benzene rings is 2. The van der Waals surface area contributed by atoms with Gasteiger partial charge in [0.15, 0.2) is 6.61 Å². The van der Waals surface area contributed by atoms with Crippen LogP contribution in [0.2, 0.25) is 0 Å². The van der Waals surface area contributed by atoms with Gasteiger partial charge in [0.2, 0.25) is 5.91 Å². The van der Waals surface area contributed by atoms with Crippen molar-refractivity contribution in [3.8, 4) is 11.5 Å². The van der Waals surface area contributed by atoms with Crippen LogP contribution in [-0.2, 0) is 16.1 Å². The fourth-order valence-corrected chi connectivity index (χ4v) is 2.87. The highest BCUT2D eigenvalue weighted by Crippen LogP contribution is 2.17. The summed E-state index contributed by atoms with van der Waals surface area (Å²) in [4.78, 5) is 27.2. The first kappa shape index (κ1) is 23.3. The van der Waals surface area contributed by atoms with Crippen LogP contribution in [-0.4, -0.2) is 43.0 Å². The lowest BCUT2D eigenvalue weighted by Gasteiger charge is -2.29. The number of carbonyl (C=O) groups is 2. The molecule has 0 aliphatic rings. The molecule has 2 aromatic rings. The average Bonchev–Trinajstić information content (AvgIpc) is 2.74. The van der Waals surface area contributed by atoms with Gasteiger partial charge in [0, 0.05) is 13.1 Å². The molecule has 0 heterocycles. The maximum absolute atomic E-state index is 13.0. The fourth-order valence-electron chi connectivity index (χ4n) is 2.87. The normalized spacial score (nSPS) is 11.7. The van der Waals surface area contributed by atoms with Gasteiger partial charge in [-0.05, 0) is 49.6 Å². The van der Waals surface area contributed by atoms with Crippen LogP contribution in [0.5, 0.6) is 11.5 Å². The largest absolute Gasteiger partial charge is 0.497 e. The third-order valence-corrected chi connectivity index (χ3v) is 4.72. The standard InChI is InChI=1S/C24H32N2O4/c1-17(2)14-25-24(28)19(4)26(15-20-7-6-8-22(13-20)29-5)23(27)16-30-21-11-9-18(3)10-12-21/h6-13,17,19H,14-16H2,1-5H3,(H,25,28). The van der Waals surface area contributed by atoms with Crippen LogP contribution in [0.4, 0.5) is 0 Å². The number of hydrogen-bond donors (Lipinski definition) is 1. The molecule has 0 fully saturated rings. The second kappa shape index (κ2) is 11.2. The van der Waals surface area contributed by atoms with Crippen LogP contribution >= 0.6 is 0 Å². The number of rotatable bonds is 10. The van der Waals surface area contributed by atoms with Crippen molar-refractivity contribution in [3.05, 3.63) is 59.7 Å².